The predicted octanol–water partition coefficient (Wildman–Crippen LogP) is -0.163. The van der Waals surface area contributed by atoms with Crippen LogP contribution in [0.4, 0.5) is 13.2 Å². The molecular formula is C16H18F3N5O3. The number of nitrogens with one attached hydrogen (secondary N) is 2. The molecule has 27 heavy (non-hydrogen) atoms. The number of hydrogen-bond donors (Lipinski definition) is 3. The van der Waals surface area contributed by atoms with Gasteiger partial charge in [-0.15, -0.1) is 0 Å². The van der Waals surface area contributed by atoms with E-state index >= 15 is 0 Å². The standard InChI is InChI=1S/C16H18F3N5O3/c17-16(18,19)15(1-2-15)13(27)24-7-14(6-21-5-9(14)12(20)26)11(24)10(25)8-3-22-23-4-8/h3-4,9,11,21H,1-2,5-7H2,(H2,20,26)(H,22,23). The fourth-order valence-electron chi connectivity index (χ4n) is 4.46. The summed E-state index contributed by atoms with van der Waals surface area (Å²) in [5, 5.41) is 9.15. The van der Waals surface area contributed by atoms with Gasteiger partial charge < -0.3 is 16.0 Å². The Morgan fingerprint density at radius 2 is 2.00 bits per heavy atom. The number of aromatic amines is 1. The van der Waals surface area contributed by atoms with Crippen LogP contribution in [0, 0.1) is 16.7 Å². The van der Waals surface area contributed by atoms with Gasteiger partial charge >= 0.3 is 6.18 Å². The highest BCUT2D eigenvalue weighted by Gasteiger charge is 2.74. The molecule has 3 fully saturated rings. The molecule has 1 aromatic heterocycles. The van der Waals surface area contributed by atoms with Gasteiger partial charge in [-0.2, -0.15) is 18.3 Å². The number of rotatable bonds is 4. The number of Topliss-reactive ketones (excluding diaryl/α,β-unsaturated/α-hetero) is 1. The molecule has 3 atom stereocenters. The van der Waals surface area contributed by atoms with Gasteiger partial charge in [0, 0.05) is 31.2 Å². The Hall–Kier alpha value is -2.43. The lowest BCUT2D eigenvalue weighted by atomic mass is 9.62. The monoisotopic (exact) mass is 385 g/mol. The van der Waals surface area contributed by atoms with E-state index in [1.165, 1.54) is 12.4 Å². The Morgan fingerprint density at radius 3 is 2.52 bits per heavy atom. The maximum absolute atomic E-state index is 13.4. The lowest BCUT2D eigenvalue weighted by molar-refractivity contribution is -0.208. The van der Waals surface area contributed by atoms with Crippen LogP contribution >= 0.6 is 0 Å². The number of primary amides is 1. The van der Waals surface area contributed by atoms with E-state index in [2.05, 4.69) is 15.5 Å². The smallest absolute Gasteiger partial charge is 0.369 e. The molecule has 0 radical (unpaired) electrons. The number of aromatic nitrogens is 2. The zero-order chi connectivity index (χ0) is 19.6. The van der Waals surface area contributed by atoms with Gasteiger partial charge in [0.05, 0.1) is 17.7 Å². The second kappa shape index (κ2) is 5.54. The van der Waals surface area contributed by atoms with Gasteiger partial charge in [0.25, 0.3) is 0 Å². The largest absolute Gasteiger partial charge is 0.403 e. The van der Waals surface area contributed by atoms with Crippen LogP contribution < -0.4 is 11.1 Å². The summed E-state index contributed by atoms with van der Waals surface area (Å²) in [6, 6.07) is -1.19. The fraction of sp³-hybridized carbons (Fsp3) is 0.625. The minimum atomic E-state index is -4.67. The van der Waals surface area contributed by atoms with E-state index in [1.807, 2.05) is 0 Å². The maximum Gasteiger partial charge on any atom is 0.403 e. The van der Waals surface area contributed by atoms with Gasteiger partial charge in [0.1, 0.15) is 11.5 Å². The highest BCUT2D eigenvalue weighted by Crippen LogP contribution is 2.61. The van der Waals surface area contributed by atoms with Gasteiger partial charge in [0.2, 0.25) is 11.8 Å². The molecule has 0 bridgehead atoms. The molecule has 2 aliphatic heterocycles. The number of nitrogens with two attached hydrogens (primary N) is 1. The molecule has 4 rings (SSSR count). The number of halogens is 3. The Bertz CT molecular complexity index is 805. The first-order valence-electron chi connectivity index (χ1n) is 8.55. The van der Waals surface area contributed by atoms with Crippen molar-refractivity contribution in [3.05, 3.63) is 18.0 Å². The first kappa shape index (κ1) is 18.0. The number of likely N-dealkylation sites (tertiary alicyclic amines) is 1. The first-order valence-corrected chi connectivity index (χ1v) is 8.55. The van der Waals surface area contributed by atoms with Gasteiger partial charge in [-0.25, -0.2) is 0 Å². The van der Waals surface area contributed by atoms with Crippen LogP contribution in [0.2, 0.25) is 0 Å². The minimum absolute atomic E-state index is 0.113. The maximum atomic E-state index is 13.4. The lowest BCUT2D eigenvalue weighted by Gasteiger charge is -2.57. The van der Waals surface area contributed by atoms with Gasteiger partial charge in [-0.1, -0.05) is 0 Å². The number of ketones is 1. The number of carbonyl (C=O) groups excluding carboxylic acids is 3. The summed E-state index contributed by atoms with van der Waals surface area (Å²) in [6.45, 7) is 0.327. The molecule has 3 aliphatic rings. The summed E-state index contributed by atoms with van der Waals surface area (Å²) >= 11 is 0. The van der Waals surface area contributed by atoms with Crippen molar-refractivity contribution < 1.29 is 27.6 Å². The van der Waals surface area contributed by atoms with Crippen LogP contribution in [0.25, 0.3) is 0 Å². The summed E-state index contributed by atoms with van der Waals surface area (Å²) in [5.74, 6) is -3.04. The van der Waals surface area contributed by atoms with Crippen LogP contribution in [-0.4, -0.2) is 64.5 Å². The molecule has 2 amide bonds. The minimum Gasteiger partial charge on any atom is -0.369 e. The first-order chi connectivity index (χ1) is 12.6. The van der Waals surface area contributed by atoms with Crippen molar-refractivity contribution in [2.24, 2.45) is 22.5 Å². The van der Waals surface area contributed by atoms with Crippen LogP contribution in [-0.2, 0) is 9.59 Å². The number of hydrogen-bond acceptors (Lipinski definition) is 5. The second-order valence-corrected chi connectivity index (χ2v) is 7.59. The fourth-order valence-corrected chi connectivity index (χ4v) is 4.46. The zero-order valence-electron chi connectivity index (χ0n) is 14.2. The topological polar surface area (TPSA) is 121 Å². The molecule has 146 valence electrons. The van der Waals surface area contributed by atoms with Crippen molar-refractivity contribution in [2.75, 3.05) is 19.6 Å². The number of nitrogens with zero attached hydrogens (tertiary/aromatic N) is 2. The molecule has 1 aliphatic carbocycles. The summed E-state index contributed by atoms with van der Waals surface area (Å²) < 4.78 is 40.2. The summed E-state index contributed by atoms with van der Waals surface area (Å²) in [5.41, 5.74) is 2.18. The molecule has 1 saturated carbocycles. The molecule has 3 heterocycles. The van der Waals surface area contributed by atoms with E-state index in [-0.39, 0.29) is 38.0 Å². The molecule has 1 aromatic rings. The van der Waals surface area contributed by atoms with E-state index in [9.17, 15) is 27.6 Å². The highest BCUT2D eigenvalue weighted by atomic mass is 19.4. The van der Waals surface area contributed by atoms with Crippen molar-refractivity contribution in [1.82, 2.24) is 20.4 Å². The molecule has 8 nitrogen and oxygen atoms in total. The van der Waals surface area contributed by atoms with Gasteiger partial charge in [-0.3, -0.25) is 19.5 Å². The van der Waals surface area contributed by atoms with Crippen LogP contribution in [0.15, 0.2) is 12.4 Å². The van der Waals surface area contributed by atoms with Crippen molar-refractivity contribution in [1.29, 1.82) is 0 Å². The number of H-pyrrole nitrogens is 1. The number of amides is 2. The summed E-state index contributed by atoms with van der Waals surface area (Å²) in [4.78, 5) is 38.6. The predicted molar refractivity (Wildman–Crippen MR) is 84.1 cm³/mol. The average Bonchev–Trinajstić information content (AvgIpc) is 3.03. The molecular weight excluding hydrogens is 367 g/mol. The molecule has 3 unspecified atom stereocenters. The Kier molecular flexibility index (Phi) is 3.68. The molecule has 0 aromatic carbocycles. The van der Waals surface area contributed by atoms with Crippen molar-refractivity contribution >= 4 is 17.6 Å². The molecule has 4 N–H and O–H groups in total. The Morgan fingerprint density at radius 1 is 1.30 bits per heavy atom. The van der Waals surface area contributed by atoms with Gasteiger partial charge in [0.15, 0.2) is 5.78 Å². The highest BCUT2D eigenvalue weighted by molar-refractivity contribution is 6.05. The number of alkyl halides is 3. The van der Waals surface area contributed by atoms with Crippen LogP contribution in [0.3, 0.4) is 0 Å². The van der Waals surface area contributed by atoms with Crippen LogP contribution in [0.5, 0.6) is 0 Å². The van der Waals surface area contributed by atoms with E-state index < -0.39 is 46.6 Å². The second-order valence-electron chi connectivity index (χ2n) is 7.59. The van der Waals surface area contributed by atoms with Crippen LogP contribution in [0.1, 0.15) is 23.2 Å². The van der Waals surface area contributed by atoms with E-state index in [0.29, 0.717) is 0 Å². The van der Waals surface area contributed by atoms with Crippen molar-refractivity contribution in [2.45, 2.75) is 25.1 Å². The third-order valence-electron chi connectivity index (χ3n) is 6.15. The van der Waals surface area contributed by atoms with Crippen molar-refractivity contribution in [3.8, 4) is 0 Å². The zero-order valence-corrected chi connectivity index (χ0v) is 14.2. The summed E-state index contributed by atoms with van der Waals surface area (Å²) in [6.07, 6.45) is -2.69. The third-order valence-corrected chi connectivity index (χ3v) is 6.15. The normalized spacial score (nSPS) is 31.6. The average molecular weight is 385 g/mol. The SMILES string of the molecule is NC(=O)C1CNCC12CN(C(=O)C1(C(F)(F)F)CC1)C2C(=O)c1cn[nH]c1. The third kappa shape index (κ3) is 2.33. The van der Waals surface area contributed by atoms with E-state index in [1.54, 1.807) is 0 Å². The lowest BCUT2D eigenvalue weighted by Crippen LogP contribution is -2.74. The molecule has 11 heteroatoms. The quantitative estimate of drug-likeness (QED) is 0.622. The van der Waals surface area contributed by atoms with E-state index in [4.69, 9.17) is 5.73 Å². The molecule has 1 spiro atoms. The Balaban J connectivity index is 1.70. The Labute approximate surface area is 151 Å². The number of carbonyl (C=O) groups is 3. The van der Waals surface area contributed by atoms with E-state index in [0.717, 1.165) is 4.90 Å². The van der Waals surface area contributed by atoms with Gasteiger partial charge in [-0.05, 0) is 12.8 Å². The molecule has 2 saturated heterocycles. The summed E-state index contributed by atoms with van der Waals surface area (Å²) in [7, 11) is 0. The van der Waals surface area contributed by atoms with Crippen molar-refractivity contribution in [3.63, 3.8) is 0 Å².